The summed E-state index contributed by atoms with van der Waals surface area (Å²) in [6, 6.07) is 23.5. The number of benzene rings is 3. The van der Waals surface area contributed by atoms with Gasteiger partial charge in [0.2, 0.25) is 23.6 Å². The normalized spacial score (nSPS) is 28.0. The Labute approximate surface area is 244 Å². The molecule has 6 unspecified atom stereocenters. The van der Waals surface area contributed by atoms with E-state index in [0.29, 0.717) is 17.2 Å². The molecule has 2 aliphatic heterocycles. The van der Waals surface area contributed by atoms with Crippen LogP contribution < -0.4 is 9.64 Å². The highest BCUT2D eigenvalue weighted by molar-refractivity contribution is 6.23. The minimum absolute atomic E-state index is 0.163. The standard InChI is InChI=1S/C35H32N2O5/c1-19-5-7-20(8-6-19)35(2,3)21-9-13-23(14-10-21)42-24-15-11-22(12-16-24)37-33(40)29-25-17-18-26(30(29)34(37)41)28-27(25)31(38)36(4)32(28)39/h5-18,25-30H,1-4H3. The zero-order chi connectivity index (χ0) is 29.5. The van der Waals surface area contributed by atoms with Crippen molar-refractivity contribution < 1.29 is 23.9 Å². The van der Waals surface area contributed by atoms with Gasteiger partial charge in [0.05, 0.1) is 29.4 Å². The predicted molar refractivity (Wildman–Crippen MR) is 157 cm³/mol. The van der Waals surface area contributed by atoms with Crippen LogP contribution in [0.4, 0.5) is 5.69 Å². The summed E-state index contributed by atoms with van der Waals surface area (Å²) in [5, 5.41) is 0. The van der Waals surface area contributed by atoms with Gasteiger partial charge in [-0.2, -0.15) is 0 Å². The van der Waals surface area contributed by atoms with Gasteiger partial charge in [-0.05, 0) is 54.4 Å². The molecule has 3 fully saturated rings. The van der Waals surface area contributed by atoms with Crippen LogP contribution in [0.15, 0.2) is 84.9 Å². The molecule has 3 aromatic carbocycles. The summed E-state index contributed by atoms with van der Waals surface area (Å²) < 4.78 is 6.08. The minimum atomic E-state index is -0.629. The number of anilines is 1. The van der Waals surface area contributed by atoms with Gasteiger partial charge in [0.1, 0.15) is 11.5 Å². The van der Waals surface area contributed by atoms with E-state index in [0.717, 1.165) is 4.90 Å². The second-order valence-electron chi connectivity index (χ2n) is 12.5. The maximum atomic E-state index is 13.6. The third-order valence-corrected chi connectivity index (χ3v) is 9.91. The van der Waals surface area contributed by atoms with E-state index < -0.39 is 35.5 Å². The Morgan fingerprint density at radius 3 is 1.48 bits per heavy atom. The number of ether oxygens (including phenoxy) is 1. The number of carbonyl (C=O) groups excluding carboxylic acids is 4. The van der Waals surface area contributed by atoms with Gasteiger partial charge in [-0.25, -0.2) is 0 Å². The third kappa shape index (κ3) is 3.72. The zero-order valence-corrected chi connectivity index (χ0v) is 24.0. The molecule has 2 saturated heterocycles. The second kappa shape index (κ2) is 9.24. The van der Waals surface area contributed by atoms with E-state index in [1.807, 2.05) is 24.3 Å². The summed E-state index contributed by atoms with van der Waals surface area (Å²) in [4.78, 5) is 55.4. The lowest BCUT2D eigenvalue weighted by atomic mass is 9.54. The molecule has 4 amide bonds. The van der Waals surface area contributed by atoms with Crippen molar-refractivity contribution in [1.82, 2.24) is 4.90 Å². The molecule has 7 nitrogen and oxygen atoms in total. The lowest BCUT2D eigenvalue weighted by molar-refractivity contribution is -0.138. The first-order valence-electron chi connectivity index (χ1n) is 14.4. The van der Waals surface area contributed by atoms with Crippen molar-refractivity contribution in [2.45, 2.75) is 26.2 Å². The number of likely N-dealkylation sites (tertiary alicyclic amines) is 1. The second-order valence-corrected chi connectivity index (χ2v) is 12.5. The molecule has 0 aromatic heterocycles. The van der Waals surface area contributed by atoms with Gasteiger partial charge in [-0.3, -0.25) is 29.0 Å². The van der Waals surface area contributed by atoms with Crippen LogP contribution in [0, 0.1) is 42.4 Å². The lowest BCUT2D eigenvalue weighted by Crippen LogP contribution is -2.50. The van der Waals surface area contributed by atoms with Crippen molar-refractivity contribution in [3.63, 3.8) is 0 Å². The summed E-state index contributed by atoms with van der Waals surface area (Å²) in [7, 11) is 1.48. The molecule has 3 aromatic rings. The molecular weight excluding hydrogens is 528 g/mol. The van der Waals surface area contributed by atoms with Crippen molar-refractivity contribution in [2.75, 3.05) is 11.9 Å². The smallest absolute Gasteiger partial charge is 0.238 e. The Hall–Kier alpha value is -4.52. The summed E-state index contributed by atoms with van der Waals surface area (Å²) in [5.74, 6) is -3.16. The van der Waals surface area contributed by atoms with Gasteiger partial charge in [0.15, 0.2) is 0 Å². The Morgan fingerprint density at radius 2 is 1.00 bits per heavy atom. The van der Waals surface area contributed by atoms with Crippen LogP contribution in [-0.4, -0.2) is 35.6 Å². The first-order chi connectivity index (χ1) is 20.1. The lowest BCUT2D eigenvalue weighted by Gasteiger charge is -2.44. The number of aryl methyl sites for hydroxylation is 1. The van der Waals surface area contributed by atoms with E-state index >= 15 is 0 Å². The molecule has 0 radical (unpaired) electrons. The van der Waals surface area contributed by atoms with Crippen LogP contribution >= 0.6 is 0 Å². The number of amides is 4. The van der Waals surface area contributed by atoms with Crippen LogP contribution in [-0.2, 0) is 24.6 Å². The van der Waals surface area contributed by atoms with Crippen LogP contribution in [0.3, 0.4) is 0 Å². The fourth-order valence-electron chi connectivity index (χ4n) is 7.51. The summed E-state index contributed by atoms with van der Waals surface area (Å²) >= 11 is 0. The largest absolute Gasteiger partial charge is 0.457 e. The maximum Gasteiger partial charge on any atom is 0.238 e. The SMILES string of the molecule is Cc1ccc(C(C)(C)c2ccc(Oc3ccc(N4C(=O)C5C6C=CC(C7C(=O)N(C)C(=O)C67)C5C4=O)cc3)cc2)cc1. The van der Waals surface area contributed by atoms with Crippen LogP contribution in [0.2, 0.25) is 0 Å². The first-order valence-corrected chi connectivity index (χ1v) is 14.4. The van der Waals surface area contributed by atoms with E-state index in [1.54, 1.807) is 24.3 Å². The molecule has 42 heavy (non-hydrogen) atoms. The van der Waals surface area contributed by atoms with Crippen molar-refractivity contribution in [3.05, 3.63) is 102 Å². The monoisotopic (exact) mass is 560 g/mol. The predicted octanol–water partition coefficient (Wildman–Crippen LogP) is 5.27. The number of imide groups is 2. The average Bonchev–Trinajstić information content (AvgIpc) is 3.40. The van der Waals surface area contributed by atoms with Crippen LogP contribution in [0.5, 0.6) is 11.5 Å². The molecule has 0 N–H and O–H groups in total. The minimum Gasteiger partial charge on any atom is -0.457 e. The van der Waals surface area contributed by atoms with Gasteiger partial charge in [0, 0.05) is 24.3 Å². The number of allylic oxidation sites excluding steroid dienone is 2. The topological polar surface area (TPSA) is 84.0 Å². The zero-order valence-electron chi connectivity index (χ0n) is 24.0. The molecule has 6 atom stereocenters. The molecule has 8 rings (SSSR count). The summed E-state index contributed by atoms with van der Waals surface area (Å²) in [5.41, 5.74) is 3.93. The van der Waals surface area contributed by atoms with E-state index in [9.17, 15) is 19.2 Å². The molecule has 7 heteroatoms. The molecule has 3 aliphatic carbocycles. The van der Waals surface area contributed by atoms with Gasteiger partial charge in [-0.15, -0.1) is 0 Å². The fraction of sp³-hybridized carbons (Fsp3) is 0.314. The van der Waals surface area contributed by atoms with E-state index in [2.05, 4.69) is 57.2 Å². The fourth-order valence-corrected chi connectivity index (χ4v) is 7.51. The number of hydrogen-bond donors (Lipinski definition) is 0. The molecule has 2 bridgehead atoms. The molecule has 0 spiro atoms. The Balaban J connectivity index is 1.08. The number of nitrogens with zero attached hydrogens (tertiary/aromatic N) is 2. The summed E-state index contributed by atoms with van der Waals surface area (Å²) in [6.45, 7) is 6.48. The maximum absolute atomic E-state index is 13.6. The highest BCUT2D eigenvalue weighted by Crippen LogP contribution is 2.58. The average molecular weight is 561 g/mol. The Bertz CT molecular complexity index is 1600. The van der Waals surface area contributed by atoms with Gasteiger partial charge in [0.25, 0.3) is 0 Å². The van der Waals surface area contributed by atoms with Crippen molar-refractivity contribution >= 4 is 29.3 Å². The van der Waals surface area contributed by atoms with Crippen molar-refractivity contribution in [1.29, 1.82) is 0 Å². The van der Waals surface area contributed by atoms with Crippen LogP contribution in [0.25, 0.3) is 0 Å². The van der Waals surface area contributed by atoms with Crippen molar-refractivity contribution in [2.24, 2.45) is 35.5 Å². The first kappa shape index (κ1) is 26.4. The number of hydrogen-bond acceptors (Lipinski definition) is 5. The Kier molecular flexibility index (Phi) is 5.81. The highest BCUT2D eigenvalue weighted by atomic mass is 16.5. The molecule has 5 aliphatic rings. The van der Waals surface area contributed by atoms with E-state index in [-0.39, 0.29) is 29.0 Å². The Morgan fingerprint density at radius 1 is 0.595 bits per heavy atom. The number of rotatable bonds is 5. The molecular formula is C35H32N2O5. The third-order valence-electron chi connectivity index (χ3n) is 9.91. The summed E-state index contributed by atoms with van der Waals surface area (Å²) in [6.07, 6.45) is 3.74. The molecule has 2 heterocycles. The molecule has 212 valence electrons. The van der Waals surface area contributed by atoms with Gasteiger partial charge in [-0.1, -0.05) is 68.0 Å². The number of carbonyl (C=O) groups is 4. The van der Waals surface area contributed by atoms with E-state index in [1.165, 1.54) is 28.6 Å². The highest BCUT2D eigenvalue weighted by Gasteiger charge is 2.68. The quantitative estimate of drug-likeness (QED) is 0.314. The van der Waals surface area contributed by atoms with E-state index in [4.69, 9.17) is 4.74 Å². The van der Waals surface area contributed by atoms with Gasteiger partial charge >= 0.3 is 0 Å². The van der Waals surface area contributed by atoms with Crippen LogP contribution in [0.1, 0.15) is 30.5 Å². The molecule has 1 saturated carbocycles. The van der Waals surface area contributed by atoms with Gasteiger partial charge < -0.3 is 4.74 Å². The van der Waals surface area contributed by atoms with Crippen molar-refractivity contribution in [3.8, 4) is 11.5 Å².